The summed E-state index contributed by atoms with van der Waals surface area (Å²) in [7, 11) is 0. The van der Waals surface area contributed by atoms with Gasteiger partial charge in [0.25, 0.3) is 5.91 Å². The van der Waals surface area contributed by atoms with Gasteiger partial charge >= 0.3 is 0 Å². The van der Waals surface area contributed by atoms with Gasteiger partial charge in [0.1, 0.15) is 11.5 Å². The number of carbonyl (C=O) groups excluding carboxylic acids is 1. The molecule has 156 valence electrons. The number of nitrogens with zero attached hydrogens (tertiary/aromatic N) is 3. The Hall–Kier alpha value is -3.03. The number of benzene rings is 2. The van der Waals surface area contributed by atoms with Gasteiger partial charge in [-0.1, -0.05) is 36.4 Å². The highest BCUT2D eigenvalue weighted by molar-refractivity contribution is 7.99. The Morgan fingerprint density at radius 3 is 2.58 bits per heavy atom. The van der Waals surface area contributed by atoms with Crippen molar-refractivity contribution in [1.29, 1.82) is 0 Å². The van der Waals surface area contributed by atoms with Crippen LogP contribution in [-0.4, -0.2) is 34.7 Å². The lowest BCUT2D eigenvalue weighted by Crippen LogP contribution is -2.45. The highest BCUT2D eigenvalue weighted by Gasteiger charge is 2.21. The minimum Gasteiger partial charge on any atom is -0.283 e. The number of hydrogen-bond acceptors (Lipinski definition) is 5. The average Bonchev–Trinajstić information content (AvgIpc) is 2.96. The molecular weight excluding hydrogens is 411 g/mol. The van der Waals surface area contributed by atoms with Crippen LogP contribution in [0.5, 0.6) is 0 Å². The number of hydrogen-bond donors (Lipinski definition) is 1. The number of pyridine rings is 1. The van der Waals surface area contributed by atoms with Gasteiger partial charge in [-0.3, -0.25) is 10.2 Å². The normalized spacial score (nSPS) is 16.0. The second-order valence-electron chi connectivity index (χ2n) is 7.59. The molecule has 0 saturated carbocycles. The van der Waals surface area contributed by atoms with Gasteiger partial charge in [0.2, 0.25) is 0 Å². The number of amides is 1. The Kier molecular flexibility index (Phi) is 5.53. The van der Waals surface area contributed by atoms with E-state index < -0.39 is 0 Å². The van der Waals surface area contributed by atoms with Crippen LogP contribution < -0.4 is 5.43 Å². The summed E-state index contributed by atoms with van der Waals surface area (Å²) in [6.45, 7) is 1.71. The molecular formula is C24H21FN4OS. The lowest BCUT2D eigenvalue weighted by molar-refractivity contribution is 0.0744. The first-order valence-electron chi connectivity index (χ1n) is 10.4. The monoisotopic (exact) mass is 432 g/mol. The number of aliphatic imine (C=N–C) groups is 1. The third-order valence-corrected chi connectivity index (χ3v) is 6.52. The highest BCUT2D eigenvalue weighted by Crippen LogP contribution is 2.41. The van der Waals surface area contributed by atoms with Gasteiger partial charge < -0.3 is 0 Å². The molecule has 1 saturated heterocycles. The molecule has 0 atom stereocenters. The lowest BCUT2D eigenvalue weighted by Gasteiger charge is -2.26. The summed E-state index contributed by atoms with van der Waals surface area (Å²) in [6.07, 6.45) is 5.07. The van der Waals surface area contributed by atoms with Crippen LogP contribution in [0.25, 0.3) is 0 Å². The third kappa shape index (κ3) is 4.24. The van der Waals surface area contributed by atoms with E-state index in [1.54, 1.807) is 36.2 Å². The zero-order valence-electron chi connectivity index (χ0n) is 16.8. The molecule has 5 rings (SSSR count). The number of aromatic nitrogens is 1. The van der Waals surface area contributed by atoms with Gasteiger partial charge in [0, 0.05) is 35.3 Å². The molecule has 1 amide bonds. The lowest BCUT2D eigenvalue weighted by atomic mass is 10.0. The maximum absolute atomic E-state index is 13.5. The zero-order valence-corrected chi connectivity index (χ0v) is 17.7. The quantitative estimate of drug-likeness (QED) is 0.496. The van der Waals surface area contributed by atoms with Crippen molar-refractivity contribution in [3.05, 3.63) is 83.4 Å². The summed E-state index contributed by atoms with van der Waals surface area (Å²) < 4.78 is 13.5. The van der Waals surface area contributed by atoms with Crippen molar-refractivity contribution in [1.82, 2.24) is 15.4 Å². The molecule has 2 aliphatic rings. The van der Waals surface area contributed by atoms with E-state index >= 15 is 0 Å². The summed E-state index contributed by atoms with van der Waals surface area (Å²) in [4.78, 5) is 24.0. The molecule has 0 unspecified atom stereocenters. The van der Waals surface area contributed by atoms with E-state index in [2.05, 4.69) is 10.4 Å². The Morgan fingerprint density at radius 2 is 1.77 bits per heavy atom. The van der Waals surface area contributed by atoms with Gasteiger partial charge in [0.05, 0.1) is 16.3 Å². The van der Waals surface area contributed by atoms with Crippen LogP contribution in [0.15, 0.2) is 75.6 Å². The van der Waals surface area contributed by atoms with E-state index in [1.807, 2.05) is 29.3 Å². The zero-order chi connectivity index (χ0) is 21.2. The van der Waals surface area contributed by atoms with Crippen LogP contribution in [0.4, 0.5) is 10.1 Å². The number of piperidine rings is 1. The molecule has 2 aliphatic heterocycles. The predicted octanol–water partition coefficient (Wildman–Crippen LogP) is 4.99. The first kappa shape index (κ1) is 19.9. The molecule has 0 bridgehead atoms. The van der Waals surface area contributed by atoms with Crippen LogP contribution in [0, 0.1) is 5.82 Å². The second-order valence-corrected chi connectivity index (χ2v) is 8.68. The Labute approximate surface area is 184 Å². The number of hydrazine groups is 1. The SMILES string of the molecule is O=C(NN1CCCCC1)c1cc2c(cn1)Sc1ccccc1C(c1ccc(F)cc1)=N2. The van der Waals surface area contributed by atoms with Crippen molar-refractivity contribution in [2.75, 3.05) is 13.1 Å². The number of rotatable bonds is 3. The molecule has 31 heavy (non-hydrogen) atoms. The summed E-state index contributed by atoms with van der Waals surface area (Å²) in [5.74, 6) is -0.517. The van der Waals surface area contributed by atoms with Crippen LogP contribution in [0.1, 0.15) is 40.9 Å². The highest BCUT2D eigenvalue weighted by atomic mass is 32.2. The standard InChI is InChI=1S/C24H21FN4OS/c25-17-10-8-16(9-11-17)23-18-6-2-3-7-21(18)31-22-15-26-20(14-19(22)27-23)24(30)28-29-12-4-1-5-13-29/h2-3,6-11,14-15H,1,4-5,12-13H2,(H,28,30). The molecule has 0 spiro atoms. The molecule has 1 N–H and O–H groups in total. The van der Waals surface area contributed by atoms with Crippen LogP contribution in [0.2, 0.25) is 0 Å². The fourth-order valence-corrected chi connectivity index (χ4v) is 4.78. The maximum atomic E-state index is 13.5. The van der Waals surface area contributed by atoms with E-state index in [0.29, 0.717) is 11.4 Å². The minimum atomic E-state index is -0.290. The van der Waals surface area contributed by atoms with Gasteiger partial charge in [-0.05, 0) is 49.2 Å². The number of fused-ring (bicyclic) bond motifs is 2. The molecule has 2 aromatic carbocycles. The Bertz CT molecular complexity index is 1160. The van der Waals surface area contributed by atoms with Crippen LogP contribution >= 0.6 is 11.8 Å². The molecule has 1 aromatic heterocycles. The fraction of sp³-hybridized carbons (Fsp3) is 0.208. The van der Waals surface area contributed by atoms with E-state index in [1.165, 1.54) is 18.6 Å². The van der Waals surface area contributed by atoms with E-state index in [9.17, 15) is 9.18 Å². The smallest absolute Gasteiger partial charge is 0.283 e. The van der Waals surface area contributed by atoms with E-state index in [-0.39, 0.29) is 11.7 Å². The number of carbonyl (C=O) groups is 1. The minimum absolute atomic E-state index is 0.227. The van der Waals surface area contributed by atoms with Gasteiger partial charge in [0.15, 0.2) is 0 Å². The predicted molar refractivity (Wildman–Crippen MR) is 119 cm³/mol. The van der Waals surface area contributed by atoms with Crippen molar-refractivity contribution < 1.29 is 9.18 Å². The average molecular weight is 433 g/mol. The summed E-state index contributed by atoms with van der Waals surface area (Å²) in [5.41, 5.74) is 6.50. The first-order chi connectivity index (χ1) is 15.2. The van der Waals surface area contributed by atoms with E-state index in [0.717, 1.165) is 52.6 Å². The van der Waals surface area contributed by atoms with Crippen molar-refractivity contribution in [3.8, 4) is 0 Å². The van der Waals surface area contributed by atoms with Crippen molar-refractivity contribution in [3.63, 3.8) is 0 Å². The summed E-state index contributed by atoms with van der Waals surface area (Å²) in [6, 6.07) is 16.0. The third-order valence-electron chi connectivity index (χ3n) is 5.41. The molecule has 5 nitrogen and oxygen atoms in total. The maximum Gasteiger partial charge on any atom is 0.284 e. The van der Waals surface area contributed by atoms with Crippen molar-refractivity contribution in [2.24, 2.45) is 4.99 Å². The topological polar surface area (TPSA) is 57.6 Å². The number of nitrogens with one attached hydrogen (secondary N) is 1. The Morgan fingerprint density at radius 1 is 1.00 bits per heavy atom. The van der Waals surface area contributed by atoms with Gasteiger partial charge in [-0.2, -0.15) is 0 Å². The second kappa shape index (κ2) is 8.61. The van der Waals surface area contributed by atoms with Crippen LogP contribution in [-0.2, 0) is 0 Å². The summed E-state index contributed by atoms with van der Waals surface area (Å²) in [5, 5.41) is 1.96. The molecule has 1 fully saturated rings. The molecule has 7 heteroatoms. The van der Waals surface area contributed by atoms with Crippen LogP contribution in [0.3, 0.4) is 0 Å². The van der Waals surface area contributed by atoms with Gasteiger partial charge in [-0.25, -0.2) is 19.4 Å². The van der Waals surface area contributed by atoms with Gasteiger partial charge in [-0.15, -0.1) is 0 Å². The molecule has 3 aromatic rings. The number of halogens is 1. The molecule has 0 aliphatic carbocycles. The van der Waals surface area contributed by atoms with Crippen molar-refractivity contribution in [2.45, 2.75) is 29.1 Å². The van der Waals surface area contributed by atoms with E-state index in [4.69, 9.17) is 4.99 Å². The fourth-order valence-electron chi connectivity index (χ4n) is 3.81. The van der Waals surface area contributed by atoms with Crippen molar-refractivity contribution >= 4 is 29.1 Å². The first-order valence-corrected chi connectivity index (χ1v) is 11.2. The molecule has 3 heterocycles. The summed E-state index contributed by atoms with van der Waals surface area (Å²) >= 11 is 1.57. The molecule has 0 radical (unpaired) electrons. The largest absolute Gasteiger partial charge is 0.284 e. The Balaban J connectivity index is 1.54.